The van der Waals surface area contributed by atoms with Gasteiger partial charge in [-0.1, -0.05) is 30.3 Å². The lowest BCUT2D eigenvalue weighted by molar-refractivity contribution is 0.103. The maximum absolute atomic E-state index is 13.7. The largest absolute Gasteiger partial charge is 0.496 e. The topological polar surface area (TPSA) is 54.0 Å². The normalized spacial score (nSPS) is 10.6. The molecule has 3 aromatic rings. The first kappa shape index (κ1) is 18.6. The Morgan fingerprint density at radius 2 is 1.41 bits per heavy atom. The van der Waals surface area contributed by atoms with Crippen LogP contribution in [-0.2, 0) is 0 Å². The molecule has 3 aromatic carbocycles. The molecule has 0 spiro atoms. The maximum Gasteiger partial charge on any atom is 0.204 e. The van der Waals surface area contributed by atoms with Crippen LogP contribution in [0, 0.1) is 6.92 Å². The molecule has 0 saturated carbocycles. The number of carbonyl (C=O) groups excluding carboxylic acids is 1. The first-order chi connectivity index (χ1) is 13.1. The number of methoxy groups -OCH3 is 4. The van der Waals surface area contributed by atoms with E-state index in [-0.39, 0.29) is 5.78 Å². The molecule has 0 aliphatic carbocycles. The molecule has 5 nitrogen and oxygen atoms in total. The molecule has 0 aliphatic rings. The zero-order valence-electron chi connectivity index (χ0n) is 16.1. The number of rotatable bonds is 6. The van der Waals surface area contributed by atoms with Gasteiger partial charge in [0, 0.05) is 0 Å². The average molecular weight is 366 g/mol. The number of ketones is 1. The molecule has 0 saturated heterocycles. The summed E-state index contributed by atoms with van der Waals surface area (Å²) in [6, 6.07) is 13.2. The van der Waals surface area contributed by atoms with Crippen LogP contribution in [0.3, 0.4) is 0 Å². The van der Waals surface area contributed by atoms with E-state index < -0.39 is 0 Å². The first-order valence-electron chi connectivity index (χ1n) is 8.47. The van der Waals surface area contributed by atoms with Crippen LogP contribution in [0.15, 0.2) is 42.5 Å². The lowest BCUT2D eigenvalue weighted by atomic mass is 9.92. The van der Waals surface area contributed by atoms with Gasteiger partial charge in [-0.15, -0.1) is 0 Å². The summed E-state index contributed by atoms with van der Waals surface area (Å²) < 4.78 is 21.9. The summed E-state index contributed by atoms with van der Waals surface area (Å²) in [5.41, 5.74) is 1.64. The SMILES string of the molecule is COc1cc(C)c(C(=O)c2c(OC)ccc3ccccc23)c(OC)c1OC. The van der Waals surface area contributed by atoms with E-state index in [0.717, 1.165) is 16.3 Å². The Balaban J connectivity index is 2.34. The molecule has 0 radical (unpaired) electrons. The van der Waals surface area contributed by atoms with Gasteiger partial charge in [0.15, 0.2) is 11.5 Å². The van der Waals surface area contributed by atoms with E-state index in [0.29, 0.717) is 34.1 Å². The van der Waals surface area contributed by atoms with Crippen molar-refractivity contribution in [2.45, 2.75) is 6.92 Å². The quantitative estimate of drug-likeness (QED) is 0.605. The highest BCUT2D eigenvalue weighted by atomic mass is 16.5. The Morgan fingerprint density at radius 3 is 2.04 bits per heavy atom. The van der Waals surface area contributed by atoms with Gasteiger partial charge in [-0.3, -0.25) is 4.79 Å². The maximum atomic E-state index is 13.7. The standard InChI is InChI=1S/C22H22O5/c1-13-12-17(25-3)21(26-4)22(27-5)18(13)20(23)19-15-9-7-6-8-14(15)10-11-16(19)24-2/h6-12H,1-5H3. The summed E-state index contributed by atoms with van der Waals surface area (Å²) in [5, 5.41) is 1.77. The minimum absolute atomic E-state index is 0.195. The molecular formula is C22H22O5. The van der Waals surface area contributed by atoms with Gasteiger partial charge < -0.3 is 18.9 Å². The summed E-state index contributed by atoms with van der Waals surface area (Å²) in [4.78, 5) is 13.7. The van der Waals surface area contributed by atoms with E-state index >= 15 is 0 Å². The molecule has 0 aromatic heterocycles. The predicted octanol–water partition coefficient (Wildman–Crippen LogP) is 4.41. The molecule has 0 atom stereocenters. The number of fused-ring (bicyclic) bond motifs is 1. The second-order valence-electron chi connectivity index (χ2n) is 6.03. The number of ether oxygens (including phenoxy) is 4. The first-order valence-corrected chi connectivity index (χ1v) is 8.47. The second-order valence-corrected chi connectivity index (χ2v) is 6.03. The Kier molecular flexibility index (Phi) is 5.21. The van der Waals surface area contributed by atoms with E-state index in [9.17, 15) is 4.79 Å². The van der Waals surface area contributed by atoms with Crippen LogP contribution in [0.5, 0.6) is 23.0 Å². The second kappa shape index (κ2) is 7.58. The van der Waals surface area contributed by atoms with Gasteiger partial charge in [0.2, 0.25) is 11.5 Å². The third-order valence-corrected chi connectivity index (χ3v) is 4.59. The monoisotopic (exact) mass is 366 g/mol. The molecule has 0 bridgehead atoms. The van der Waals surface area contributed by atoms with Gasteiger partial charge in [-0.2, -0.15) is 0 Å². The van der Waals surface area contributed by atoms with Gasteiger partial charge in [0.25, 0.3) is 0 Å². The molecular weight excluding hydrogens is 344 g/mol. The van der Waals surface area contributed by atoms with Gasteiger partial charge in [0.05, 0.1) is 39.6 Å². The van der Waals surface area contributed by atoms with Crippen molar-refractivity contribution in [1.29, 1.82) is 0 Å². The molecule has 0 amide bonds. The highest BCUT2D eigenvalue weighted by Gasteiger charge is 2.27. The molecule has 27 heavy (non-hydrogen) atoms. The number of hydrogen-bond donors (Lipinski definition) is 0. The van der Waals surface area contributed by atoms with E-state index in [1.165, 1.54) is 14.2 Å². The van der Waals surface area contributed by atoms with E-state index in [4.69, 9.17) is 18.9 Å². The lowest BCUT2D eigenvalue weighted by Gasteiger charge is -2.19. The highest BCUT2D eigenvalue weighted by Crippen LogP contribution is 2.44. The number of hydrogen-bond acceptors (Lipinski definition) is 5. The van der Waals surface area contributed by atoms with E-state index in [1.807, 2.05) is 37.3 Å². The van der Waals surface area contributed by atoms with Crippen LogP contribution in [-0.4, -0.2) is 34.2 Å². The average Bonchev–Trinajstić information content (AvgIpc) is 2.71. The fraction of sp³-hybridized carbons (Fsp3) is 0.227. The van der Waals surface area contributed by atoms with Gasteiger partial charge in [-0.05, 0) is 35.4 Å². The van der Waals surface area contributed by atoms with Crippen molar-refractivity contribution in [1.82, 2.24) is 0 Å². The minimum atomic E-state index is -0.195. The van der Waals surface area contributed by atoms with Crippen molar-refractivity contribution in [3.05, 3.63) is 59.2 Å². The van der Waals surface area contributed by atoms with Crippen LogP contribution in [0.4, 0.5) is 0 Å². The predicted molar refractivity (Wildman–Crippen MR) is 105 cm³/mol. The van der Waals surface area contributed by atoms with Crippen molar-refractivity contribution in [3.8, 4) is 23.0 Å². The van der Waals surface area contributed by atoms with Gasteiger partial charge in [-0.25, -0.2) is 0 Å². The zero-order chi connectivity index (χ0) is 19.6. The van der Waals surface area contributed by atoms with Crippen molar-refractivity contribution in [3.63, 3.8) is 0 Å². The van der Waals surface area contributed by atoms with E-state index in [1.54, 1.807) is 26.4 Å². The summed E-state index contributed by atoms with van der Waals surface area (Å²) in [7, 11) is 6.13. The molecule has 0 fully saturated rings. The summed E-state index contributed by atoms with van der Waals surface area (Å²) in [6.45, 7) is 1.84. The van der Waals surface area contributed by atoms with Crippen molar-refractivity contribution in [2.75, 3.05) is 28.4 Å². The van der Waals surface area contributed by atoms with Crippen molar-refractivity contribution < 1.29 is 23.7 Å². The number of benzene rings is 3. The van der Waals surface area contributed by atoms with Crippen LogP contribution in [0.1, 0.15) is 21.5 Å². The van der Waals surface area contributed by atoms with Crippen molar-refractivity contribution in [2.24, 2.45) is 0 Å². The molecule has 0 aliphatic heterocycles. The minimum Gasteiger partial charge on any atom is -0.496 e. The number of carbonyl (C=O) groups is 1. The fourth-order valence-electron chi connectivity index (χ4n) is 3.34. The Bertz CT molecular complexity index is 1010. The molecule has 3 rings (SSSR count). The molecule has 140 valence electrons. The summed E-state index contributed by atoms with van der Waals surface area (Å²) >= 11 is 0. The lowest BCUT2D eigenvalue weighted by Crippen LogP contribution is -2.10. The van der Waals surface area contributed by atoms with Crippen LogP contribution in [0.25, 0.3) is 10.8 Å². The van der Waals surface area contributed by atoms with Crippen LogP contribution in [0.2, 0.25) is 0 Å². The Hall–Kier alpha value is -3.21. The summed E-state index contributed by atoms with van der Waals surface area (Å²) in [6.07, 6.45) is 0. The van der Waals surface area contributed by atoms with Gasteiger partial charge in [0.1, 0.15) is 5.75 Å². The Labute approximate surface area is 158 Å². The molecule has 5 heteroatoms. The summed E-state index contributed by atoms with van der Waals surface area (Å²) in [5.74, 6) is 1.55. The van der Waals surface area contributed by atoms with Gasteiger partial charge >= 0.3 is 0 Å². The third kappa shape index (κ3) is 3.05. The van der Waals surface area contributed by atoms with Crippen LogP contribution < -0.4 is 18.9 Å². The highest BCUT2D eigenvalue weighted by molar-refractivity contribution is 6.20. The Morgan fingerprint density at radius 1 is 0.741 bits per heavy atom. The zero-order valence-corrected chi connectivity index (χ0v) is 16.1. The number of aryl methyl sites for hydroxylation is 1. The smallest absolute Gasteiger partial charge is 0.204 e. The fourth-order valence-corrected chi connectivity index (χ4v) is 3.34. The van der Waals surface area contributed by atoms with Crippen LogP contribution >= 0.6 is 0 Å². The third-order valence-electron chi connectivity index (χ3n) is 4.59. The van der Waals surface area contributed by atoms with Crippen molar-refractivity contribution >= 4 is 16.6 Å². The molecule has 0 heterocycles. The molecule has 0 N–H and O–H groups in total. The molecule has 0 unspecified atom stereocenters. The van der Waals surface area contributed by atoms with E-state index in [2.05, 4.69) is 0 Å².